The predicted molar refractivity (Wildman–Crippen MR) is 106 cm³/mol. The molecule has 0 N–H and O–H groups in total. The number of methoxy groups -OCH3 is 1. The molecule has 0 aliphatic carbocycles. The van der Waals surface area contributed by atoms with Crippen molar-refractivity contribution in [3.63, 3.8) is 0 Å². The summed E-state index contributed by atoms with van der Waals surface area (Å²) in [5, 5.41) is 0.718. The van der Waals surface area contributed by atoms with Crippen LogP contribution in [0.3, 0.4) is 0 Å². The van der Waals surface area contributed by atoms with Crippen molar-refractivity contribution >= 4 is 28.7 Å². The number of rotatable bonds is 7. The summed E-state index contributed by atoms with van der Waals surface area (Å²) in [6, 6.07) is 14.7. The average Bonchev–Trinajstić information content (AvgIpc) is 2.67. The van der Waals surface area contributed by atoms with Gasteiger partial charge in [0.1, 0.15) is 17.9 Å². The van der Waals surface area contributed by atoms with Crippen molar-refractivity contribution in [2.45, 2.75) is 19.3 Å². The molecule has 0 saturated heterocycles. The zero-order chi connectivity index (χ0) is 19.2. The van der Waals surface area contributed by atoms with E-state index in [0.717, 1.165) is 11.1 Å². The Bertz CT molecular complexity index is 992. The van der Waals surface area contributed by atoms with Crippen LogP contribution in [0.5, 0.6) is 5.75 Å². The minimum absolute atomic E-state index is 0.0261. The van der Waals surface area contributed by atoms with Crippen molar-refractivity contribution in [2.75, 3.05) is 12.9 Å². The fraction of sp³-hybridized carbons (Fsp3) is 0.238. The van der Waals surface area contributed by atoms with Gasteiger partial charge in [0.15, 0.2) is 0 Å². The van der Waals surface area contributed by atoms with Gasteiger partial charge in [-0.05, 0) is 24.6 Å². The first-order valence-corrected chi connectivity index (χ1v) is 9.60. The molecule has 0 bridgehead atoms. The predicted octanol–water partition coefficient (Wildman–Crippen LogP) is 4.09. The van der Waals surface area contributed by atoms with Crippen molar-refractivity contribution in [2.24, 2.45) is 0 Å². The summed E-state index contributed by atoms with van der Waals surface area (Å²) in [7, 11) is 1.54. The lowest BCUT2D eigenvalue weighted by atomic mass is 10.1. The lowest BCUT2D eigenvalue weighted by Crippen LogP contribution is -2.09. The van der Waals surface area contributed by atoms with Gasteiger partial charge in [-0.1, -0.05) is 29.8 Å². The quantitative estimate of drug-likeness (QED) is 0.452. The largest absolute Gasteiger partial charge is 0.497 e. The Balaban J connectivity index is 1.58. The van der Waals surface area contributed by atoms with Crippen LogP contribution in [0.25, 0.3) is 11.0 Å². The summed E-state index contributed by atoms with van der Waals surface area (Å²) in [5.74, 6) is 1.27. The molecular weight excluding hydrogens is 364 g/mol. The maximum absolute atomic E-state index is 12.0. The van der Waals surface area contributed by atoms with Gasteiger partial charge < -0.3 is 13.9 Å². The zero-order valence-corrected chi connectivity index (χ0v) is 16.0. The van der Waals surface area contributed by atoms with Crippen LogP contribution in [0.4, 0.5) is 0 Å². The molecule has 0 amide bonds. The molecule has 0 aliphatic rings. The lowest BCUT2D eigenvalue weighted by molar-refractivity contribution is -0.141. The van der Waals surface area contributed by atoms with Crippen molar-refractivity contribution < 1.29 is 18.7 Å². The second kappa shape index (κ2) is 8.77. The molecule has 3 rings (SSSR count). The molecule has 0 unspecified atom stereocenters. The molecule has 0 aliphatic heterocycles. The molecule has 5 nitrogen and oxygen atoms in total. The van der Waals surface area contributed by atoms with E-state index in [0.29, 0.717) is 16.9 Å². The van der Waals surface area contributed by atoms with Gasteiger partial charge >= 0.3 is 11.6 Å². The van der Waals surface area contributed by atoms with Gasteiger partial charge in [0.25, 0.3) is 0 Å². The van der Waals surface area contributed by atoms with Crippen LogP contribution in [0.1, 0.15) is 16.7 Å². The Morgan fingerprint density at radius 3 is 2.63 bits per heavy atom. The summed E-state index contributed by atoms with van der Waals surface area (Å²) >= 11 is 1.50. The summed E-state index contributed by atoms with van der Waals surface area (Å²) in [4.78, 5) is 23.8. The van der Waals surface area contributed by atoms with Gasteiger partial charge in [0.05, 0.1) is 12.9 Å². The first-order valence-electron chi connectivity index (χ1n) is 8.45. The molecule has 6 heteroatoms. The van der Waals surface area contributed by atoms with Crippen LogP contribution in [-0.4, -0.2) is 18.8 Å². The Kier molecular flexibility index (Phi) is 6.19. The third kappa shape index (κ3) is 5.14. The second-order valence-electron chi connectivity index (χ2n) is 6.09. The van der Waals surface area contributed by atoms with Crippen LogP contribution in [0, 0.1) is 6.92 Å². The highest BCUT2D eigenvalue weighted by Gasteiger charge is 2.10. The van der Waals surface area contributed by atoms with Gasteiger partial charge in [-0.25, -0.2) is 4.79 Å². The Labute approximate surface area is 161 Å². The van der Waals surface area contributed by atoms with Crippen LogP contribution in [-0.2, 0) is 21.9 Å². The summed E-state index contributed by atoms with van der Waals surface area (Å²) in [5.41, 5.74) is 2.90. The van der Waals surface area contributed by atoms with E-state index in [2.05, 4.69) is 24.3 Å². The van der Waals surface area contributed by atoms with E-state index in [-0.39, 0.29) is 18.3 Å². The van der Waals surface area contributed by atoms with Crippen LogP contribution in [0.15, 0.2) is 57.7 Å². The molecule has 3 aromatic rings. The van der Waals surface area contributed by atoms with E-state index in [4.69, 9.17) is 13.9 Å². The maximum Gasteiger partial charge on any atom is 0.336 e. The minimum Gasteiger partial charge on any atom is -0.497 e. The van der Waals surface area contributed by atoms with Crippen LogP contribution >= 0.6 is 11.8 Å². The molecule has 0 radical (unpaired) electrons. The number of esters is 1. The van der Waals surface area contributed by atoms with E-state index in [1.807, 2.05) is 6.92 Å². The number of hydrogen-bond acceptors (Lipinski definition) is 6. The number of carbonyl (C=O) groups is 1. The molecule has 0 fully saturated rings. The van der Waals surface area contributed by atoms with E-state index >= 15 is 0 Å². The standard InChI is InChI=1S/C21H20O5S/c1-14-3-5-15(6-4-14)12-27-13-21(23)25-11-16-9-20(22)26-19-10-17(24-2)7-8-18(16)19/h3-10H,11-13H2,1-2H3. The minimum atomic E-state index is -0.490. The summed E-state index contributed by atoms with van der Waals surface area (Å²) < 4.78 is 15.7. The molecule has 2 aromatic carbocycles. The van der Waals surface area contributed by atoms with Crippen molar-refractivity contribution in [3.05, 3.63) is 75.6 Å². The number of ether oxygens (including phenoxy) is 2. The smallest absolute Gasteiger partial charge is 0.336 e. The third-order valence-electron chi connectivity index (χ3n) is 4.04. The number of thioether (sulfide) groups is 1. The number of carbonyl (C=O) groups excluding carboxylic acids is 1. The Hall–Kier alpha value is -2.73. The first-order chi connectivity index (χ1) is 13.0. The number of benzene rings is 2. The molecule has 27 heavy (non-hydrogen) atoms. The molecule has 0 atom stereocenters. The van der Waals surface area contributed by atoms with Crippen molar-refractivity contribution in [3.8, 4) is 5.75 Å². The summed E-state index contributed by atoms with van der Waals surface area (Å²) in [6.07, 6.45) is 0. The van der Waals surface area contributed by atoms with E-state index in [1.165, 1.54) is 29.0 Å². The molecule has 1 aromatic heterocycles. The summed E-state index contributed by atoms with van der Waals surface area (Å²) in [6.45, 7) is 2.07. The fourth-order valence-corrected chi connectivity index (χ4v) is 3.37. The second-order valence-corrected chi connectivity index (χ2v) is 7.08. The fourth-order valence-electron chi connectivity index (χ4n) is 2.59. The zero-order valence-electron chi connectivity index (χ0n) is 15.2. The van der Waals surface area contributed by atoms with Crippen molar-refractivity contribution in [1.82, 2.24) is 0 Å². The van der Waals surface area contributed by atoms with E-state index in [9.17, 15) is 9.59 Å². The van der Waals surface area contributed by atoms with Gasteiger partial charge in [0.2, 0.25) is 0 Å². The highest BCUT2D eigenvalue weighted by atomic mass is 32.2. The maximum atomic E-state index is 12.0. The molecule has 1 heterocycles. The Morgan fingerprint density at radius 2 is 1.89 bits per heavy atom. The van der Waals surface area contributed by atoms with Gasteiger partial charge in [-0.2, -0.15) is 0 Å². The molecule has 0 spiro atoms. The monoisotopic (exact) mass is 384 g/mol. The molecule has 140 valence electrons. The van der Waals surface area contributed by atoms with Gasteiger partial charge in [-0.15, -0.1) is 11.8 Å². The lowest BCUT2D eigenvalue weighted by Gasteiger charge is -2.08. The van der Waals surface area contributed by atoms with Crippen molar-refractivity contribution in [1.29, 1.82) is 0 Å². The normalized spacial score (nSPS) is 10.7. The van der Waals surface area contributed by atoms with Gasteiger partial charge in [-0.3, -0.25) is 4.79 Å². The van der Waals surface area contributed by atoms with Crippen LogP contribution < -0.4 is 10.4 Å². The SMILES string of the molecule is COc1ccc2c(COC(=O)CSCc3ccc(C)cc3)cc(=O)oc2c1. The molecule has 0 saturated carbocycles. The number of aryl methyl sites for hydroxylation is 1. The average molecular weight is 384 g/mol. The third-order valence-corrected chi connectivity index (χ3v) is 5.01. The molecular formula is C21H20O5S. The highest BCUT2D eigenvalue weighted by molar-refractivity contribution is 7.99. The topological polar surface area (TPSA) is 65.7 Å². The highest BCUT2D eigenvalue weighted by Crippen LogP contribution is 2.23. The van der Waals surface area contributed by atoms with E-state index in [1.54, 1.807) is 25.3 Å². The van der Waals surface area contributed by atoms with E-state index < -0.39 is 5.63 Å². The van der Waals surface area contributed by atoms with Gasteiger partial charge in [0, 0.05) is 28.8 Å². The Morgan fingerprint density at radius 1 is 1.11 bits per heavy atom. The first kappa shape index (κ1) is 19.0. The number of hydrogen-bond donors (Lipinski definition) is 0. The van der Waals surface area contributed by atoms with Crippen LogP contribution in [0.2, 0.25) is 0 Å². The number of fused-ring (bicyclic) bond motifs is 1.